The molecule has 0 aromatic carbocycles. The number of aliphatic hydroxyl groups excluding tert-OH is 1. The second-order valence-corrected chi connectivity index (χ2v) is 13.5. The minimum absolute atomic E-state index is 0.109. The molecule has 0 saturated carbocycles. The molecule has 0 heterocycles. The van der Waals surface area contributed by atoms with Gasteiger partial charge in [-0.3, -0.25) is 8.42 Å². The molecule has 0 spiro atoms. The molecule has 0 aromatic rings. The van der Waals surface area contributed by atoms with Crippen LogP contribution in [0.15, 0.2) is 59.7 Å². The van der Waals surface area contributed by atoms with E-state index in [1.54, 1.807) is 55.8 Å². The van der Waals surface area contributed by atoms with Gasteiger partial charge >= 0.3 is 0 Å². The van der Waals surface area contributed by atoms with Crippen LogP contribution in [0.3, 0.4) is 0 Å². The van der Waals surface area contributed by atoms with Crippen molar-refractivity contribution < 1.29 is 23.0 Å². The van der Waals surface area contributed by atoms with E-state index in [9.17, 15) is 8.42 Å². The van der Waals surface area contributed by atoms with Crippen molar-refractivity contribution in [3.63, 3.8) is 0 Å². The largest absolute Gasteiger partial charge is 0.509 e. The Morgan fingerprint density at radius 1 is 1.03 bits per heavy atom. The average molecular weight is 538 g/mol. The van der Waals surface area contributed by atoms with Crippen LogP contribution in [-0.2, 0) is 31.1 Å². The van der Waals surface area contributed by atoms with Gasteiger partial charge in [0.15, 0.2) is 0 Å². The molecule has 200 valence electrons. The van der Waals surface area contributed by atoms with E-state index in [0.29, 0.717) is 13.2 Å². The van der Waals surface area contributed by atoms with Crippen LogP contribution in [0.25, 0.3) is 0 Å². The number of methoxy groups -OCH3 is 2. The SMILES string of the molecule is C#CCNC(=C)COC.C/C=C/[S@@](C)=O.C/C=C/[S@](C)=O.C=C(O)/C=C/C.C=P(C)(C)COC. The smallest absolute Gasteiger partial charge is 0.108 e. The van der Waals surface area contributed by atoms with E-state index >= 15 is 0 Å². The van der Waals surface area contributed by atoms with Crippen LogP contribution in [-0.4, -0.2) is 79.4 Å². The highest BCUT2D eigenvalue weighted by atomic mass is 32.2. The molecule has 0 radical (unpaired) electrons. The van der Waals surface area contributed by atoms with Crippen molar-refractivity contribution in [2.24, 2.45) is 0 Å². The summed E-state index contributed by atoms with van der Waals surface area (Å²) in [6, 6.07) is 0. The predicted molar refractivity (Wildman–Crippen MR) is 160 cm³/mol. The summed E-state index contributed by atoms with van der Waals surface area (Å²) >= 11 is 0. The van der Waals surface area contributed by atoms with Gasteiger partial charge in [-0.1, -0.05) is 50.5 Å². The number of rotatable bonds is 9. The monoisotopic (exact) mass is 537 g/mol. The first-order chi connectivity index (χ1) is 15.7. The van der Waals surface area contributed by atoms with Gasteiger partial charge in [0.2, 0.25) is 0 Å². The topological polar surface area (TPSA) is 84.9 Å². The molecule has 0 aliphatic heterocycles. The van der Waals surface area contributed by atoms with E-state index in [-0.39, 0.29) is 5.76 Å². The Bertz CT molecular complexity index is 665. The van der Waals surface area contributed by atoms with Crippen LogP contribution in [0.1, 0.15) is 20.8 Å². The molecular weight excluding hydrogens is 489 g/mol. The molecular formula is C25H48NO5PS2. The number of hydrogen-bond donors (Lipinski definition) is 2. The zero-order chi connectivity index (χ0) is 28.0. The summed E-state index contributed by atoms with van der Waals surface area (Å²) in [4.78, 5) is 0. The molecule has 6 nitrogen and oxygen atoms in total. The van der Waals surface area contributed by atoms with Gasteiger partial charge in [0, 0.05) is 54.0 Å². The minimum Gasteiger partial charge on any atom is -0.509 e. The van der Waals surface area contributed by atoms with Gasteiger partial charge in [-0.25, -0.2) is 0 Å². The summed E-state index contributed by atoms with van der Waals surface area (Å²) in [6.07, 6.45) is 19.8. The highest BCUT2D eigenvalue weighted by Gasteiger charge is 1.94. The fraction of sp³-hybridized carbons (Fsp3) is 0.480. The first-order valence-electron chi connectivity index (χ1n) is 10.1. The lowest BCUT2D eigenvalue weighted by atomic mass is 10.5. The van der Waals surface area contributed by atoms with Gasteiger partial charge in [0.1, 0.15) is 5.76 Å². The summed E-state index contributed by atoms with van der Waals surface area (Å²) in [5.74, 6) is 2.54. The molecule has 0 aromatic heterocycles. The molecule has 2 N–H and O–H groups in total. The quantitative estimate of drug-likeness (QED) is 0.184. The Balaban J connectivity index is -0.000000104. The maximum atomic E-state index is 10.1. The standard InChI is InChI=1S/C7H11NO.C5H13OP.C5H8O.2C4H8OS/c1-4-5-8-7(2)6-9-3;1-6-5-7(2,3)4;1-3-4-5(2)6;2*1-3-4-6(2)5/h1,8H,2,5-6H2,3H3;2,5H2,1,3-4H3;3-4,6H,2H2,1H3;2*3-4H,1-2H3/b;;3*4-3+/t;;;2*6-/m...10/s1. The third-order valence-corrected chi connectivity index (χ3v) is 4.52. The second-order valence-electron chi connectivity index (χ2n) is 6.88. The van der Waals surface area contributed by atoms with Gasteiger partial charge in [-0.2, -0.15) is 0 Å². The summed E-state index contributed by atoms with van der Waals surface area (Å²) < 4.78 is 29.8. The van der Waals surface area contributed by atoms with E-state index in [1.165, 1.54) is 6.08 Å². The Morgan fingerprint density at radius 3 is 1.59 bits per heavy atom. The molecule has 2 atom stereocenters. The zero-order valence-corrected chi connectivity index (χ0v) is 25.2. The fourth-order valence-corrected chi connectivity index (χ4v) is 2.79. The number of terminal acetylenes is 1. The van der Waals surface area contributed by atoms with Crippen LogP contribution in [0.2, 0.25) is 0 Å². The number of allylic oxidation sites excluding steroid dienone is 4. The number of ether oxygens (including phenoxy) is 2. The fourth-order valence-electron chi connectivity index (χ4n) is 1.33. The molecule has 0 fully saturated rings. The van der Waals surface area contributed by atoms with Crippen LogP contribution in [0.5, 0.6) is 0 Å². The molecule has 34 heavy (non-hydrogen) atoms. The second kappa shape index (κ2) is 33.6. The van der Waals surface area contributed by atoms with Crippen molar-refractivity contribution in [2.45, 2.75) is 20.8 Å². The highest BCUT2D eigenvalue weighted by Crippen LogP contribution is 2.33. The zero-order valence-electron chi connectivity index (χ0n) is 22.6. The first kappa shape index (κ1) is 42.5. The third-order valence-electron chi connectivity index (χ3n) is 2.25. The highest BCUT2D eigenvalue weighted by molar-refractivity contribution is 7.87. The Hall–Kier alpha value is -1.62. The van der Waals surface area contributed by atoms with Crippen LogP contribution >= 0.6 is 6.89 Å². The molecule has 0 aliphatic carbocycles. The minimum atomic E-state index is -0.888. The lowest BCUT2D eigenvalue weighted by Crippen LogP contribution is -2.15. The normalized spacial score (nSPS) is 11.8. The Labute approximate surface area is 215 Å². The molecule has 0 amide bonds. The van der Waals surface area contributed by atoms with Gasteiger partial charge in [-0.15, -0.1) is 6.42 Å². The van der Waals surface area contributed by atoms with Crippen molar-refractivity contribution in [1.29, 1.82) is 0 Å². The van der Waals surface area contributed by atoms with Crippen molar-refractivity contribution in [2.75, 3.05) is 59.6 Å². The van der Waals surface area contributed by atoms with Crippen molar-refractivity contribution in [1.82, 2.24) is 5.32 Å². The van der Waals surface area contributed by atoms with Crippen LogP contribution in [0.4, 0.5) is 0 Å². The van der Waals surface area contributed by atoms with E-state index in [2.05, 4.69) is 44.0 Å². The summed E-state index contributed by atoms with van der Waals surface area (Å²) in [6.45, 7) is 16.8. The maximum Gasteiger partial charge on any atom is 0.108 e. The molecule has 0 aliphatic rings. The maximum absolute atomic E-state index is 10.1. The van der Waals surface area contributed by atoms with Crippen LogP contribution < -0.4 is 5.32 Å². The number of hydrogen-bond acceptors (Lipinski definition) is 6. The molecule has 0 rings (SSSR count). The summed E-state index contributed by atoms with van der Waals surface area (Å²) in [5.41, 5.74) is 0.815. The van der Waals surface area contributed by atoms with E-state index in [4.69, 9.17) is 21.0 Å². The molecule has 0 saturated heterocycles. The lowest BCUT2D eigenvalue weighted by molar-refractivity contribution is 0.221. The van der Waals surface area contributed by atoms with Gasteiger partial charge in [-0.05, 0) is 51.0 Å². The summed E-state index contributed by atoms with van der Waals surface area (Å²) in [5, 5.41) is 14.4. The van der Waals surface area contributed by atoms with Crippen molar-refractivity contribution in [3.8, 4) is 12.3 Å². The first-order valence-corrected chi connectivity index (χ1v) is 16.4. The average Bonchev–Trinajstić information content (AvgIpc) is 2.67. The molecule has 0 unspecified atom stereocenters. The van der Waals surface area contributed by atoms with E-state index in [0.717, 1.165) is 12.0 Å². The van der Waals surface area contributed by atoms with E-state index < -0.39 is 28.5 Å². The van der Waals surface area contributed by atoms with Crippen LogP contribution in [0, 0.1) is 12.3 Å². The predicted octanol–water partition coefficient (Wildman–Crippen LogP) is 5.10. The Morgan fingerprint density at radius 2 is 1.47 bits per heavy atom. The molecule has 9 heteroatoms. The molecule has 0 bridgehead atoms. The van der Waals surface area contributed by atoms with Gasteiger partial charge in [0.25, 0.3) is 0 Å². The van der Waals surface area contributed by atoms with Gasteiger partial charge < -0.3 is 19.9 Å². The van der Waals surface area contributed by atoms with Crippen molar-refractivity contribution >= 4 is 34.8 Å². The number of nitrogens with one attached hydrogen (secondary N) is 1. The third kappa shape index (κ3) is 77.6. The Kier molecular flexibility index (Phi) is 42.0. The lowest BCUT2D eigenvalue weighted by Gasteiger charge is -2.08. The van der Waals surface area contributed by atoms with E-state index in [1.807, 2.05) is 20.8 Å². The van der Waals surface area contributed by atoms with Gasteiger partial charge in [0.05, 0.1) is 19.5 Å². The summed E-state index contributed by atoms with van der Waals surface area (Å²) in [7, 11) is 1.84. The number of aliphatic hydroxyl groups is 1. The van der Waals surface area contributed by atoms with Crippen molar-refractivity contribution in [3.05, 3.63) is 59.7 Å².